The Morgan fingerprint density at radius 1 is 0.971 bits per heavy atom. The number of benzene rings is 2. The topological polar surface area (TPSA) is 72.3 Å². The molecule has 0 saturated carbocycles. The highest BCUT2D eigenvalue weighted by molar-refractivity contribution is 5.97. The summed E-state index contributed by atoms with van der Waals surface area (Å²) in [4.78, 5) is 26.6. The van der Waals surface area contributed by atoms with Crippen molar-refractivity contribution in [2.45, 2.75) is 12.6 Å². The van der Waals surface area contributed by atoms with Gasteiger partial charge in [0, 0.05) is 50.4 Å². The van der Waals surface area contributed by atoms with E-state index in [4.69, 9.17) is 9.47 Å². The third-order valence-electron chi connectivity index (χ3n) is 7.13. The lowest BCUT2D eigenvalue weighted by Gasteiger charge is -2.27. The molecular weight excluding hydrogens is 444 g/mol. The average molecular weight is 471 g/mol. The number of aromatic nitrogens is 4. The van der Waals surface area contributed by atoms with Crippen molar-refractivity contribution in [1.29, 1.82) is 0 Å². The molecular formula is C27H26N4O4. The zero-order chi connectivity index (χ0) is 24.4. The fourth-order valence-corrected chi connectivity index (χ4v) is 5.45. The van der Waals surface area contributed by atoms with Crippen LogP contribution in [0.15, 0.2) is 64.3 Å². The molecule has 0 radical (unpaired) electrons. The second-order valence-electron chi connectivity index (χ2n) is 9.01. The molecule has 0 aliphatic carbocycles. The lowest BCUT2D eigenvalue weighted by molar-refractivity contribution is 0.0486. The Morgan fingerprint density at radius 2 is 1.71 bits per heavy atom. The number of nitrogens with zero attached hydrogens (tertiary/aromatic N) is 4. The summed E-state index contributed by atoms with van der Waals surface area (Å²) in [5, 5.41) is 1.60. The van der Waals surface area contributed by atoms with Crippen molar-refractivity contribution in [3.8, 4) is 17.0 Å². The maximum absolute atomic E-state index is 13.6. The van der Waals surface area contributed by atoms with E-state index in [1.54, 1.807) is 18.7 Å². The van der Waals surface area contributed by atoms with Gasteiger partial charge in [0.1, 0.15) is 11.9 Å². The predicted octanol–water partition coefficient (Wildman–Crippen LogP) is 3.33. The second kappa shape index (κ2) is 7.74. The van der Waals surface area contributed by atoms with Gasteiger partial charge >= 0.3 is 5.69 Å². The van der Waals surface area contributed by atoms with Crippen LogP contribution in [-0.2, 0) is 32.4 Å². The number of fused-ring (bicyclic) bond motifs is 4. The molecule has 1 aliphatic heterocycles. The number of rotatable bonds is 3. The van der Waals surface area contributed by atoms with Crippen molar-refractivity contribution < 1.29 is 9.47 Å². The van der Waals surface area contributed by atoms with Gasteiger partial charge in [0.05, 0.1) is 36.0 Å². The van der Waals surface area contributed by atoms with Gasteiger partial charge in [-0.25, -0.2) is 4.79 Å². The van der Waals surface area contributed by atoms with Gasteiger partial charge in [-0.3, -0.25) is 13.9 Å². The molecule has 0 N–H and O–H groups in total. The van der Waals surface area contributed by atoms with Crippen LogP contribution in [0.4, 0.5) is 0 Å². The van der Waals surface area contributed by atoms with E-state index in [2.05, 4.69) is 27.5 Å². The molecule has 0 saturated heterocycles. The van der Waals surface area contributed by atoms with E-state index in [1.807, 2.05) is 43.4 Å². The Bertz CT molecular complexity index is 1730. The minimum atomic E-state index is -0.429. The first-order chi connectivity index (χ1) is 16.9. The summed E-state index contributed by atoms with van der Waals surface area (Å²) in [5.74, 6) is 0.737. The first kappa shape index (κ1) is 21.5. The highest BCUT2D eigenvalue weighted by Crippen LogP contribution is 2.42. The largest absolute Gasteiger partial charge is 0.497 e. The van der Waals surface area contributed by atoms with Crippen LogP contribution in [-0.4, -0.2) is 32.0 Å². The van der Waals surface area contributed by atoms with Gasteiger partial charge in [-0.15, -0.1) is 0 Å². The highest BCUT2D eigenvalue weighted by Gasteiger charge is 2.34. The summed E-state index contributed by atoms with van der Waals surface area (Å²) in [6.45, 7) is 1.06. The van der Waals surface area contributed by atoms with E-state index < -0.39 is 6.10 Å². The average Bonchev–Trinajstić information content (AvgIpc) is 3.42. The Hall–Kier alpha value is -4.04. The molecule has 1 atom stereocenters. The van der Waals surface area contributed by atoms with E-state index in [0.717, 1.165) is 39.2 Å². The van der Waals surface area contributed by atoms with Crippen molar-refractivity contribution in [3.05, 3.63) is 86.8 Å². The number of hydrogen-bond donors (Lipinski definition) is 0. The maximum atomic E-state index is 13.6. The molecule has 6 rings (SSSR count). The van der Waals surface area contributed by atoms with Gasteiger partial charge in [0.15, 0.2) is 0 Å². The van der Waals surface area contributed by atoms with E-state index in [9.17, 15) is 9.59 Å². The smallest absolute Gasteiger partial charge is 0.331 e. The molecule has 0 fully saturated rings. The summed E-state index contributed by atoms with van der Waals surface area (Å²) in [6, 6.07) is 15.9. The second-order valence-corrected chi connectivity index (χ2v) is 9.01. The quantitative estimate of drug-likeness (QED) is 0.406. The SMILES string of the molecule is COc1ccc(-c2c3c(=O)n(C)c(=O)n(C)c3c3n2CCO[C@H]3c2cn(C)c3ccccc23)cc1. The Balaban J connectivity index is 1.74. The molecule has 8 heteroatoms. The van der Waals surface area contributed by atoms with Gasteiger partial charge in [-0.2, -0.15) is 0 Å². The molecule has 3 aromatic heterocycles. The van der Waals surface area contributed by atoms with Crippen LogP contribution in [0.2, 0.25) is 0 Å². The Labute approximate surface area is 201 Å². The van der Waals surface area contributed by atoms with Gasteiger partial charge in [-0.05, 0) is 35.9 Å². The van der Waals surface area contributed by atoms with Crippen LogP contribution in [0.1, 0.15) is 17.4 Å². The summed E-state index contributed by atoms with van der Waals surface area (Å²) in [6.07, 6.45) is 1.65. The monoisotopic (exact) mass is 470 g/mol. The molecule has 0 unspecified atom stereocenters. The van der Waals surface area contributed by atoms with Gasteiger partial charge in [0.2, 0.25) is 0 Å². The molecule has 0 amide bonds. The lowest BCUT2D eigenvalue weighted by atomic mass is 10.0. The molecule has 0 spiro atoms. The third kappa shape index (κ3) is 2.96. The fraction of sp³-hybridized carbons (Fsp3) is 0.259. The standard InChI is InChI=1S/C27H26N4O4/c1-28-15-19(18-7-5-6-8-20(18)28)25-24-23-21(26(32)30(3)27(33)29(23)2)22(31(24)13-14-35-25)16-9-11-17(34-4)12-10-16/h5-12,15,25H,13-14H2,1-4H3/t25-/m0/s1. The van der Waals surface area contributed by atoms with Crippen molar-refractivity contribution in [2.75, 3.05) is 13.7 Å². The summed E-state index contributed by atoms with van der Waals surface area (Å²) < 4.78 is 18.7. The number of para-hydroxylation sites is 1. The van der Waals surface area contributed by atoms with Crippen LogP contribution in [0.3, 0.4) is 0 Å². The predicted molar refractivity (Wildman–Crippen MR) is 135 cm³/mol. The summed E-state index contributed by atoms with van der Waals surface area (Å²) in [7, 11) is 6.88. The van der Waals surface area contributed by atoms with E-state index in [-0.39, 0.29) is 11.2 Å². The summed E-state index contributed by atoms with van der Waals surface area (Å²) >= 11 is 0. The molecule has 2 aromatic carbocycles. The number of aryl methyl sites for hydroxylation is 2. The van der Waals surface area contributed by atoms with Crippen LogP contribution in [0, 0.1) is 0 Å². The molecule has 178 valence electrons. The van der Waals surface area contributed by atoms with Crippen LogP contribution in [0.25, 0.3) is 33.1 Å². The molecule has 35 heavy (non-hydrogen) atoms. The Kier molecular flexibility index (Phi) is 4.76. The van der Waals surface area contributed by atoms with Gasteiger partial charge in [0.25, 0.3) is 5.56 Å². The minimum Gasteiger partial charge on any atom is -0.497 e. The minimum absolute atomic E-state index is 0.313. The highest BCUT2D eigenvalue weighted by atomic mass is 16.5. The number of ether oxygens (including phenoxy) is 2. The molecule has 0 bridgehead atoms. The van der Waals surface area contributed by atoms with Crippen molar-refractivity contribution in [2.24, 2.45) is 21.1 Å². The normalized spacial score (nSPS) is 15.6. The first-order valence-corrected chi connectivity index (χ1v) is 11.5. The third-order valence-corrected chi connectivity index (χ3v) is 7.13. The molecule has 5 aromatic rings. The van der Waals surface area contributed by atoms with E-state index in [0.29, 0.717) is 24.1 Å². The molecule has 8 nitrogen and oxygen atoms in total. The van der Waals surface area contributed by atoms with Crippen molar-refractivity contribution in [3.63, 3.8) is 0 Å². The van der Waals surface area contributed by atoms with E-state index in [1.165, 1.54) is 11.6 Å². The zero-order valence-electron chi connectivity index (χ0n) is 20.1. The van der Waals surface area contributed by atoms with Crippen molar-refractivity contribution in [1.82, 2.24) is 18.3 Å². The molecule has 1 aliphatic rings. The summed E-state index contributed by atoms with van der Waals surface area (Å²) in [5.41, 5.74) is 4.55. The fourth-order valence-electron chi connectivity index (χ4n) is 5.45. The lowest BCUT2D eigenvalue weighted by Crippen LogP contribution is -2.37. The van der Waals surface area contributed by atoms with Crippen LogP contribution >= 0.6 is 0 Å². The Morgan fingerprint density at radius 3 is 2.46 bits per heavy atom. The number of methoxy groups -OCH3 is 1. The van der Waals surface area contributed by atoms with Crippen LogP contribution < -0.4 is 16.0 Å². The van der Waals surface area contributed by atoms with Gasteiger partial charge in [-0.1, -0.05) is 18.2 Å². The number of hydrogen-bond acceptors (Lipinski definition) is 4. The van der Waals surface area contributed by atoms with Gasteiger partial charge < -0.3 is 18.6 Å². The zero-order valence-corrected chi connectivity index (χ0v) is 20.1. The van der Waals surface area contributed by atoms with Crippen molar-refractivity contribution >= 4 is 21.8 Å². The van der Waals surface area contributed by atoms with Crippen LogP contribution in [0.5, 0.6) is 5.75 Å². The maximum Gasteiger partial charge on any atom is 0.331 e. The molecule has 4 heterocycles. The first-order valence-electron chi connectivity index (χ1n) is 11.5. The van der Waals surface area contributed by atoms with E-state index >= 15 is 0 Å².